The fourth-order valence-electron chi connectivity index (χ4n) is 1.34. The molecule has 0 aliphatic rings. The first-order chi connectivity index (χ1) is 11.0. The molecular formula is C9H2F14O3. The molecule has 0 aromatic rings. The molecule has 0 aliphatic heterocycles. The Hall–Kier alpha value is -1.68. The number of carbonyl (C=O) groups is 2. The van der Waals surface area contributed by atoms with Gasteiger partial charge in [0.2, 0.25) is 6.10 Å². The van der Waals surface area contributed by atoms with Crippen molar-refractivity contribution < 1.29 is 76.2 Å². The van der Waals surface area contributed by atoms with E-state index in [4.69, 9.17) is 5.11 Å². The standard InChI is InChI=1S/C9H2F14O3/c10-4(11,2(25)7(15,16)17)1(24)5(12,9(21,22)23)6(13,14)3(26)8(18,19)20/h2,25H. The molecule has 17 heteroatoms. The van der Waals surface area contributed by atoms with Crippen LogP contribution in [-0.4, -0.2) is 58.8 Å². The zero-order valence-electron chi connectivity index (χ0n) is 11.1. The average Bonchev–Trinajstić information content (AvgIpc) is 2.40. The Morgan fingerprint density at radius 2 is 1.00 bits per heavy atom. The summed E-state index contributed by atoms with van der Waals surface area (Å²) in [5.41, 5.74) is -7.75. The highest BCUT2D eigenvalue weighted by Crippen LogP contribution is 2.52. The molecule has 0 amide bonds. The molecule has 0 aromatic heterocycles. The van der Waals surface area contributed by atoms with E-state index < -0.39 is 53.7 Å². The van der Waals surface area contributed by atoms with Crippen LogP contribution >= 0.6 is 0 Å². The van der Waals surface area contributed by atoms with Gasteiger partial charge in [0.25, 0.3) is 5.78 Å². The largest absolute Gasteiger partial charge is 0.456 e. The molecule has 2 unspecified atom stereocenters. The minimum absolute atomic E-state index is 4.98. The fraction of sp³-hybridized carbons (Fsp3) is 0.778. The lowest BCUT2D eigenvalue weighted by Gasteiger charge is -2.36. The van der Waals surface area contributed by atoms with Crippen molar-refractivity contribution in [2.24, 2.45) is 0 Å². The number of rotatable bonds is 5. The summed E-state index contributed by atoms with van der Waals surface area (Å²) >= 11 is 0. The lowest BCUT2D eigenvalue weighted by atomic mass is 9.84. The van der Waals surface area contributed by atoms with Gasteiger partial charge in [-0.25, -0.2) is 4.39 Å². The molecule has 3 nitrogen and oxygen atoms in total. The van der Waals surface area contributed by atoms with Gasteiger partial charge in [0.15, 0.2) is 0 Å². The van der Waals surface area contributed by atoms with Crippen molar-refractivity contribution in [2.45, 2.75) is 42.1 Å². The number of Topliss-reactive ketones (excluding diaryl/α,β-unsaturated/α-hetero) is 2. The molecule has 154 valence electrons. The summed E-state index contributed by atoms with van der Waals surface area (Å²) in [6.07, 6.45) is -26.9. The number of halogens is 14. The molecule has 0 spiro atoms. The highest BCUT2D eigenvalue weighted by atomic mass is 19.4. The highest BCUT2D eigenvalue weighted by molar-refractivity contribution is 6.04. The second-order valence-corrected chi connectivity index (χ2v) is 4.45. The van der Waals surface area contributed by atoms with Crippen LogP contribution in [0.2, 0.25) is 0 Å². The van der Waals surface area contributed by atoms with Crippen molar-refractivity contribution in [2.75, 3.05) is 0 Å². The van der Waals surface area contributed by atoms with Gasteiger partial charge in [-0.2, -0.15) is 57.1 Å². The molecule has 0 rings (SSSR count). The van der Waals surface area contributed by atoms with E-state index in [9.17, 15) is 71.1 Å². The smallest absolute Gasteiger partial charge is 0.378 e. The molecule has 2 atom stereocenters. The van der Waals surface area contributed by atoms with E-state index in [1.807, 2.05) is 0 Å². The molecule has 0 saturated heterocycles. The topological polar surface area (TPSA) is 54.4 Å². The van der Waals surface area contributed by atoms with Crippen molar-refractivity contribution in [3.05, 3.63) is 0 Å². The van der Waals surface area contributed by atoms with E-state index in [0.717, 1.165) is 0 Å². The third kappa shape index (κ3) is 3.71. The Balaban J connectivity index is 6.64. The minimum Gasteiger partial charge on any atom is -0.378 e. The Bertz CT molecular complexity index is 570. The lowest BCUT2D eigenvalue weighted by molar-refractivity contribution is -0.307. The highest BCUT2D eigenvalue weighted by Gasteiger charge is 2.85. The van der Waals surface area contributed by atoms with Crippen LogP contribution in [0.1, 0.15) is 0 Å². The Labute approximate surface area is 131 Å². The van der Waals surface area contributed by atoms with Gasteiger partial charge in [-0.1, -0.05) is 0 Å². The van der Waals surface area contributed by atoms with Crippen molar-refractivity contribution in [1.82, 2.24) is 0 Å². The van der Waals surface area contributed by atoms with Crippen LogP contribution < -0.4 is 0 Å². The Morgan fingerprint density at radius 3 is 1.23 bits per heavy atom. The minimum atomic E-state index is -7.75. The quantitative estimate of drug-likeness (QED) is 0.691. The molecule has 1 N–H and O–H groups in total. The summed E-state index contributed by atoms with van der Waals surface area (Å²) in [6.45, 7) is 0. The van der Waals surface area contributed by atoms with Gasteiger partial charge < -0.3 is 5.11 Å². The van der Waals surface area contributed by atoms with Crippen LogP contribution in [0, 0.1) is 0 Å². The molecule has 0 fully saturated rings. The van der Waals surface area contributed by atoms with Crippen molar-refractivity contribution >= 4 is 11.6 Å². The number of carbonyl (C=O) groups excluding carboxylic acids is 2. The maximum absolute atomic E-state index is 13.6. The van der Waals surface area contributed by atoms with Crippen LogP contribution in [0.5, 0.6) is 0 Å². The SMILES string of the molecule is O=C(C(F)(F)F)C(F)(F)C(F)(C(=O)C(F)(F)C(O)C(F)(F)F)C(F)(F)F. The molecule has 0 bridgehead atoms. The monoisotopic (exact) mass is 424 g/mol. The molecule has 0 heterocycles. The van der Waals surface area contributed by atoms with Crippen LogP contribution in [-0.2, 0) is 9.59 Å². The van der Waals surface area contributed by atoms with Gasteiger partial charge in [0.05, 0.1) is 0 Å². The summed E-state index contributed by atoms with van der Waals surface area (Å²) in [4.78, 5) is 21.1. The molecule has 0 aromatic carbocycles. The van der Waals surface area contributed by atoms with E-state index in [-0.39, 0.29) is 0 Å². The van der Waals surface area contributed by atoms with E-state index in [0.29, 0.717) is 0 Å². The first-order valence-corrected chi connectivity index (χ1v) is 5.39. The van der Waals surface area contributed by atoms with Crippen molar-refractivity contribution in [3.63, 3.8) is 0 Å². The number of aliphatic hydroxyl groups is 1. The first-order valence-electron chi connectivity index (χ1n) is 5.39. The van der Waals surface area contributed by atoms with Crippen LogP contribution in [0.3, 0.4) is 0 Å². The predicted molar refractivity (Wildman–Crippen MR) is 47.9 cm³/mol. The summed E-state index contributed by atoms with van der Waals surface area (Å²) < 4.78 is 174. The fourth-order valence-corrected chi connectivity index (χ4v) is 1.34. The van der Waals surface area contributed by atoms with Gasteiger partial charge in [-0.3, -0.25) is 9.59 Å². The molecule has 0 saturated carbocycles. The summed E-state index contributed by atoms with van der Waals surface area (Å²) in [5, 5.41) is 8.10. The normalized spacial score (nSPS) is 18.3. The third-order valence-corrected chi connectivity index (χ3v) is 2.63. The van der Waals surface area contributed by atoms with Crippen molar-refractivity contribution in [1.29, 1.82) is 0 Å². The predicted octanol–water partition coefficient (Wildman–Crippen LogP) is 3.15. The maximum atomic E-state index is 13.6. The maximum Gasteiger partial charge on any atom is 0.456 e. The van der Waals surface area contributed by atoms with E-state index >= 15 is 0 Å². The first kappa shape index (κ1) is 24.3. The van der Waals surface area contributed by atoms with Gasteiger partial charge in [0.1, 0.15) is 0 Å². The Morgan fingerprint density at radius 1 is 0.654 bits per heavy atom. The van der Waals surface area contributed by atoms with Crippen LogP contribution in [0.25, 0.3) is 0 Å². The second-order valence-electron chi connectivity index (χ2n) is 4.45. The number of aliphatic hydroxyl groups excluding tert-OH is 1. The molecular weight excluding hydrogens is 422 g/mol. The van der Waals surface area contributed by atoms with Gasteiger partial charge in [-0.15, -0.1) is 0 Å². The molecule has 0 radical (unpaired) electrons. The lowest BCUT2D eigenvalue weighted by Crippen LogP contribution is -2.71. The van der Waals surface area contributed by atoms with Gasteiger partial charge in [0, 0.05) is 0 Å². The zero-order valence-corrected chi connectivity index (χ0v) is 11.1. The number of ketones is 2. The second kappa shape index (κ2) is 6.19. The summed E-state index contributed by atoms with van der Waals surface area (Å²) in [6, 6.07) is 0. The Kier molecular flexibility index (Phi) is 5.79. The van der Waals surface area contributed by atoms with Crippen LogP contribution in [0.15, 0.2) is 0 Å². The van der Waals surface area contributed by atoms with E-state index in [2.05, 4.69) is 0 Å². The summed E-state index contributed by atoms with van der Waals surface area (Å²) in [7, 11) is 0. The summed E-state index contributed by atoms with van der Waals surface area (Å²) in [5.74, 6) is -24.8. The van der Waals surface area contributed by atoms with Gasteiger partial charge in [-0.05, 0) is 0 Å². The number of hydrogen-bond acceptors (Lipinski definition) is 3. The van der Waals surface area contributed by atoms with E-state index in [1.54, 1.807) is 0 Å². The van der Waals surface area contributed by atoms with Crippen molar-refractivity contribution in [3.8, 4) is 0 Å². The number of alkyl halides is 14. The molecule has 26 heavy (non-hydrogen) atoms. The average molecular weight is 424 g/mol. The van der Waals surface area contributed by atoms with E-state index in [1.165, 1.54) is 0 Å². The zero-order chi connectivity index (χ0) is 21.7. The molecule has 0 aliphatic carbocycles. The third-order valence-electron chi connectivity index (χ3n) is 2.63. The van der Waals surface area contributed by atoms with Crippen LogP contribution in [0.4, 0.5) is 61.5 Å². The number of hydrogen-bond donors (Lipinski definition) is 1. The van der Waals surface area contributed by atoms with Gasteiger partial charge >= 0.3 is 41.8 Å².